The molecule has 1 N–H and O–H groups in total. The van der Waals surface area contributed by atoms with Crippen molar-refractivity contribution in [3.05, 3.63) is 17.0 Å². The number of hydrogen-bond acceptors (Lipinski definition) is 4. The smallest absolute Gasteiger partial charge is 0.0888 e. The van der Waals surface area contributed by atoms with E-state index < -0.39 is 0 Å². The fraction of sp³-hybridized carbons (Fsp3) is 0.857. The normalized spacial score (nSPS) is 20.5. The van der Waals surface area contributed by atoms with Crippen LogP contribution in [0.25, 0.3) is 0 Å². The molecule has 1 saturated carbocycles. The van der Waals surface area contributed by atoms with Crippen molar-refractivity contribution in [2.75, 3.05) is 33.8 Å². The summed E-state index contributed by atoms with van der Waals surface area (Å²) < 4.78 is 8.05. The van der Waals surface area contributed by atoms with Gasteiger partial charge < -0.3 is 10.1 Å². The van der Waals surface area contributed by atoms with Crippen molar-refractivity contribution in [3.63, 3.8) is 0 Å². The van der Waals surface area contributed by atoms with Crippen LogP contribution in [0.4, 0.5) is 0 Å². The average Bonchev–Trinajstić information content (AvgIpc) is 3.04. The van der Waals surface area contributed by atoms with Crippen molar-refractivity contribution in [1.82, 2.24) is 20.0 Å². The van der Waals surface area contributed by atoms with Crippen LogP contribution in [-0.2, 0) is 24.4 Å². The molecule has 1 fully saturated rings. The molecule has 0 unspecified atom stereocenters. The van der Waals surface area contributed by atoms with Crippen molar-refractivity contribution in [2.24, 2.45) is 5.41 Å². The number of likely N-dealkylation sites (N-methyl/N-ethyl adjacent to an activating group) is 2. The fourth-order valence-corrected chi connectivity index (χ4v) is 4.92. The molecule has 0 atom stereocenters. The van der Waals surface area contributed by atoms with Crippen LogP contribution < -0.4 is 5.32 Å². The number of ether oxygens (including phenoxy) is 1. The molecule has 3 rings (SSSR count). The first kappa shape index (κ1) is 19.8. The summed E-state index contributed by atoms with van der Waals surface area (Å²) in [5, 5.41) is 8.27. The highest BCUT2D eigenvalue weighted by atomic mass is 16.5. The highest BCUT2D eigenvalue weighted by Crippen LogP contribution is 2.48. The minimum Gasteiger partial charge on any atom is -0.373 e. The molecule has 0 bridgehead atoms. The molecule has 1 aliphatic carbocycles. The van der Waals surface area contributed by atoms with Gasteiger partial charge in [0.15, 0.2) is 0 Å². The fourth-order valence-electron chi connectivity index (χ4n) is 4.92. The molecule has 2 heterocycles. The zero-order chi connectivity index (χ0) is 18.6. The van der Waals surface area contributed by atoms with Crippen LogP contribution in [0.5, 0.6) is 0 Å². The number of nitrogens with one attached hydrogen (secondary N) is 1. The first-order valence-corrected chi connectivity index (χ1v) is 10.6. The Morgan fingerprint density at radius 3 is 2.65 bits per heavy atom. The van der Waals surface area contributed by atoms with Gasteiger partial charge >= 0.3 is 0 Å². The maximum atomic E-state index is 5.81. The second-order valence-electron chi connectivity index (χ2n) is 8.41. The molecule has 0 aromatic carbocycles. The lowest BCUT2D eigenvalue weighted by atomic mass is 9.66. The molecule has 0 spiro atoms. The molecule has 1 aromatic rings. The number of aromatic nitrogens is 2. The van der Waals surface area contributed by atoms with Crippen molar-refractivity contribution < 1.29 is 4.74 Å². The summed E-state index contributed by atoms with van der Waals surface area (Å²) in [5.74, 6) is 0.666. The third kappa shape index (κ3) is 4.15. The maximum Gasteiger partial charge on any atom is 0.0888 e. The Bertz CT molecular complexity index is 569. The number of fused-ring (bicyclic) bond motifs is 1. The lowest BCUT2D eigenvalue weighted by molar-refractivity contribution is 0.0783. The molecule has 1 aliphatic heterocycles. The lowest BCUT2D eigenvalue weighted by Crippen LogP contribution is -2.28. The van der Waals surface area contributed by atoms with Crippen LogP contribution in [0.1, 0.15) is 75.2 Å². The van der Waals surface area contributed by atoms with Crippen LogP contribution in [0.2, 0.25) is 0 Å². The predicted molar refractivity (Wildman–Crippen MR) is 106 cm³/mol. The Labute approximate surface area is 159 Å². The second kappa shape index (κ2) is 8.85. The summed E-state index contributed by atoms with van der Waals surface area (Å²) in [6, 6.07) is 0. The summed E-state index contributed by atoms with van der Waals surface area (Å²) in [6.45, 7) is 10.2. The molecule has 148 valence electrons. The minimum absolute atomic E-state index is 0.587. The van der Waals surface area contributed by atoms with Gasteiger partial charge in [0, 0.05) is 25.2 Å². The van der Waals surface area contributed by atoms with Gasteiger partial charge in [-0.2, -0.15) is 5.10 Å². The summed E-state index contributed by atoms with van der Waals surface area (Å²) in [6.07, 6.45) is 8.01. The van der Waals surface area contributed by atoms with Crippen LogP contribution in [-0.4, -0.2) is 48.5 Å². The van der Waals surface area contributed by atoms with E-state index in [1.165, 1.54) is 55.5 Å². The highest BCUT2D eigenvalue weighted by molar-refractivity contribution is 5.31. The van der Waals surface area contributed by atoms with E-state index in [-0.39, 0.29) is 0 Å². The standard InChI is InChI=1S/C21H38N4O/c1-5-21(6-2)9-7-17(8-10-21)20-18(15-24(4)12-11-22-3)23-25-13-14-26-16-19(20)25/h17,22H,5-16H2,1-4H3. The van der Waals surface area contributed by atoms with Crippen LogP contribution in [0, 0.1) is 5.41 Å². The first-order valence-electron chi connectivity index (χ1n) is 10.6. The molecule has 0 saturated heterocycles. The van der Waals surface area contributed by atoms with Gasteiger partial charge in [0.2, 0.25) is 0 Å². The van der Waals surface area contributed by atoms with Crippen molar-refractivity contribution in [2.45, 2.75) is 78.0 Å². The summed E-state index contributed by atoms with van der Waals surface area (Å²) in [7, 11) is 4.22. The second-order valence-corrected chi connectivity index (χ2v) is 8.41. The Balaban J connectivity index is 1.80. The largest absolute Gasteiger partial charge is 0.373 e. The Morgan fingerprint density at radius 1 is 1.27 bits per heavy atom. The minimum atomic E-state index is 0.587. The van der Waals surface area contributed by atoms with Gasteiger partial charge in [-0.1, -0.05) is 26.7 Å². The topological polar surface area (TPSA) is 42.3 Å². The van der Waals surface area contributed by atoms with Gasteiger partial charge in [-0.25, -0.2) is 0 Å². The van der Waals surface area contributed by atoms with Crippen LogP contribution >= 0.6 is 0 Å². The summed E-state index contributed by atoms with van der Waals surface area (Å²) in [4.78, 5) is 2.39. The molecular formula is C21H38N4O. The van der Waals surface area contributed by atoms with Gasteiger partial charge in [0.25, 0.3) is 0 Å². The third-order valence-corrected chi connectivity index (χ3v) is 6.98. The predicted octanol–water partition coefficient (Wildman–Crippen LogP) is 3.53. The van der Waals surface area contributed by atoms with E-state index in [1.807, 2.05) is 7.05 Å². The summed E-state index contributed by atoms with van der Waals surface area (Å²) in [5.41, 5.74) is 4.78. The van der Waals surface area contributed by atoms with Gasteiger partial charge in [-0.15, -0.1) is 0 Å². The van der Waals surface area contributed by atoms with Gasteiger partial charge in [-0.05, 0) is 51.1 Å². The molecule has 2 aliphatic rings. The third-order valence-electron chi connectivity index (χ3n) is 6.98. The molecule has 0 amide bonds. The van der Waals surface area contributed by atoms with Crippen molar-refractivity contribution >= 4 is 0 Å². The van der Waals surface area contributed by atoms with E-state index in [0.29, 0.717) is 11.3 Å². The van der Waals surface area contributed by atoms with Crippen molar-refractivity contribution in [3.8, 4) is 0 Å². The zero-order valence-electron chi connectivity index (χ0n) is 17.3. The number of hydrogen-bond donors (Lipinski definition) is 1. The molecular weight excluding hydrogens is 324 g/mol. The van der Waals surface area contributed by atoms with E-state index in [4.69, 9.17) is 9.84 Å². The molecule has 5 heteroatoms. The van der Waals surface area contributed by atoms with E-state index in [1.54, 1.807) is 0 Å². The average molecular weight is 363 g/mol. The summed E-state index contributed by atoms with van der Waals surface area (Å²) >= 11 is 0. The molecule has 1 aromatic heterocycles. The molecule has 5 nitrogen and oxygen atoms in total. The van der Waals surface area contributed by atoms with Gasteiger partial charge in [-0.3, -0.25) is 9.58 Å². The Hall–Kier alpha value is -0.910. The SMILES string of the molecule is CCC1(CC)CCC(c2c(CN(C)CCNC)nn3c2COCC3)CC1. The van der Waals surface area contributed by atoms with E-state index in [2.05, 4.69) is 35.8 Å². The van der Waals surface area contributed by atoms with E-state index in [9.17, 15) is 0 Å². The monoisotopic (exact) mass is 362 g/mol. The van der Waals surface area contributed by atoms with Crippen LogP contribution in [0.3, 0.4) is 0 Å². The van der Waals surface area contributed by atoms with Crippen LogP contribution in [0.15, 0.2) is 0 Å². The Morgan fingerprint density at radius 2 is 2.00 bits per heavy atom. The first-order chi connectivity index (χ1) is 12.6. The van der Waals surface area contributed by atoms with E-state index in [0.717, 1.165) is 39.4 Å². The molecule has 0 radical (unpaired) electrons. The Kier molecular flexibility index (Phi) is 6.76. The van der Waals surface area contributed by atoms with Gasteiger partial charge in [0.05, 0.1) is 31.1 Å². The molecule has 26 heavy (non-hydrogen) atoms. The van der Waals surface area contributed by atoms with Crippen molar-refractivity contribution in [1.29, 1.82) is 0 Å². The van der Waals surface area contributed by atoms with Gasteiger partial charge in [0.1, 0.15) is 0 Å². The maximum absolute atomic E-state index is 5.81. The van der Waals surface area contributed by atoms with E-state index >= 15 is 0 Å². The quantitative estimate of drug-likeness (QED) is 0.768. The number of rotatable bonds is 8. The number of nitrogens with zero attached hydrogens (tertiary/aromatic N) is 3. The highest BCUT2D eigenvalue weighted by Gasteiger charge is 2.36. The lowest BCUT2D eigenvalue weighted by Gasteiger charge is -2.39. The zero-order valence-corrected chi connectivity index (χ0v) is 17.3.